The molecule has 0 heterocycles. The van der Waals surface area contributed by atoms with E-state index in [1.165, 1.54) is 12.1 Å². The maximum Gasteiger partial charge on any atom is 0.435 e. The summed E-state index contributed by atoms with van der Waals surface area (Å²) in [5.41, 5.74) is -0.199. The first-order valence-electron chi connectivity index (χ1n) is 3.87. The van der Waals surface area contributed by atoms with Crippen LogP contribution in [0.25, 0.3) is 0 Å². The first-order chi connectivity index (χ1) is 6.45. The van der Waals surface area contributed by atoms with Crippen molar-refractivity contribution in [2.75, 3.05) is 0 Å². The minimum atomic E-state index is -4.51. The molecule has 0 saturated heterocycles. The third-order valence-corrected chi connectivity index (χ3v) is 1.72. The molecule has 0 saturated carbocycles. The summed E-state index contributed by atoms with van der Waals surface area (Å²) in [7, 11) is 0. The van der Waals surface area contributed by atoms with Crippen molar-refractivity contribution in [1.29, 1.82) is 0 Å². The van der Waals surface area contributed by atoms with E-state index >= 15 is 0 Å². The second-order valence-electron chi connectivity index (χ2n) is 2.84. The molecule has 0 bridgehead atoms. The van der Waals surface area contributed by atoms with Crippen LogP contribution in [0.2, 0.25) is 0 Å². The topological polar surface area (TPSA) is 38.4 Å². The first-order valence-corrected chi connectivity index (χ1v) is 3.87. The number of nitrogens with two attached hydrogens (primary N) is 1. The van der Waals surface area contributed by atoms with E-state index in [4.69, 9.17) is 5.84 Å². The Labute approximate surface area is 79.2 Å². The summed E-state index contributed by atoms with van der Waals surface area (Å²) < 4.78 is 36.9. The van der Waals surface area contributed by atoms with Crippen LogP contribution in [0.1, 0.15) is 11.1 Å². The third kappa shape index (κ3) is 2.25. The largest absolute Gasteiger partial charge is 0.435 e. The van der Waals surface area contributed by atoms with Crippen molar-refractivity contribution in [1.82, 2.24) is 0 Å². The smallest absolute Gasteiger partial charge is 0.323 e. The Morgan fingerprint density at radius 3 is 2.07 bits per heavy atom. The van der Waals surface area contributed by atoms with Gasteiger partial charge in [0.25, 0.3) is 0 Å². The highest BCUT2D eigenvalue weighted by atomic mass is 19.4. The van der Waals surface area contributed by atoms with E-state index < -0.39 is 11.9 Å². The summed E-state index contributed by atoms with van der Waals surface area (Å²) in [4.78, 5) is 0. The van der Waals surface area contributed by atoms with E-state index in [2.05, 4.69) is 5.10 Å². The van der Waals surface area contributed by atoms with Gasteiger partial charge in [0.2, 0.25) is 0 Å². The highest BCUT2D eigenvalue weighted by Crippen LogP contribution is 2.22. The lowest BCUT2D eigenvalue weighted by Crippen LogP contribution is -2.25. The molecule has 76 valence electrons. The molecule has 0 aromatic heterocycles. The third-order valence-electron chi connectivity index (χ3n) is 1.72. The molecule has 1 aromatic carbocycles. The number of rotatable bonds is 1. The van der Waals surface area contributed by atoms with Crippen LogP contribution in [0.3, 0.4) is 0 Å². The highest BCUT2D eigenvalue weighted by molar-refractivity contribution is 6.04. The molecule has 2 N–H and O–H groups in total. The van der Waals surface area contributed by atoms with Gasteiger partial charge in [0.1, 0.15) is 0 Å². The number of hydrogen-bond acceptors (Lipinski definition) is 2. The van der Waals surface area contributed by atoms with Crippen LogP contribution in [0.4, 0.5) is 13.2 Å². The van der Waals surface area contributed by atoms with E-state index in [1.54, 1.807) is 19.1 Å². The zero-order chi connectivity index (χ0) is 10.8. The van der Waals surface area contributed by atoms with Crippen molar-refractivity contribution in [2.45, 2.75) is 13.1 Å². The van der Waals surface area contributed by atoms with E-state index in [0.717, 1.165) is 5.56 Å². The summed E-state index contributed by atoms with van der Waals surface area (Å²) in [6.45, 7) is 1.79. The van der Waals surface area contributed by atoms with Crippen molar-refractivity contribution < 1.29 is 13.2 Å². The Kier molecular flexibility index (Phi) is 2.78. The summed E-state index contributed by atoms with van der Waals surface area (Å²) in [6.07, 6.45) is -4.51. The molecule has 0 aliphatic heterocycles. The van der Waals surface area contributed by atoms with Gasteiger partial charge in [-0.1, -0.05) is 29.8 Å². The molecule has 0 aliphatic carbocycles. The fourth-order valence-corrected chi connectivity index (χ4v) is 1.02. The molecular formula is C9H9F3N2. The van der Waals surface area contributed by atoms with Crippen LogP contribution in [-0.2, 0) is 0 Å². The van der Waals surface area contributed by atoms with E-state index in [-0.39, 0.29) is 5.56 Å². The Hall–Kier alpha value is -1.52. The fraction of sp³-hybridized carbons (Fsp3) is 0.222. The normalized spacial score (nSPS) is 13.0. The van der Waals surface area contributed by atoms with Gasteiger partial charge in [-0.15, -0.1) is 0 Å². The monoisotopic (exact) mass is 202 g/mol. The van der Waals surface area contributed by atoms with Gasteiger partial charge in [-0.3, -0.25) is 0 Å². The Balaban J connectivity index is 3.10. The Morgan fingerprint density at radius 2 is 1.71 bits per heavy atom. The van der Waals surface area contributed by atoms with Crippen LogP contribution in [-0.4, -0.2) is 11.9 Å². The molecule has 0 fully saturated rings. The first kappa shape index (κ1) is 10.6. The second-order valence-corrected chi connectivity index (χ2v) is 2.84. The zero-order valence-electron chi connectivity index (χ0n) is 7.47. The maximum absolute atomic E-state index is 12.3. The summed E-state index contributed by atoms with van der Waals surface area (Å²) in [5.74, 6) is 4.70. The van der Waals surface area contributed by atoms with E-state index in [1.807, 2.05) is 0 Å². The van der Waals surface area contributed by atoms with Crippen LogP contribution in [0, 0.1) is 6.92 Å². The molecule has 0 aliphatic rings. The van der Waals surface area contributed by atoms with Crippen molar-refractivity contribution in [3.63, 3.8) is 0 Å². The average Bonchev–Trinajstić information content (AvgIpc) is 2.07. The number of benzene rings is 1. The van der Waals surface area contributed by atoms with Gasteiger partial charge in [0, 0.05) is 5.56 Å². The lowest BCUT2D eigenvalue weighted by atomic mass is 10.1. The van der Waals surface area contributed by atoms with Crippen molar-refractivity contribution in [2.24, 2.45) is 10.9 Å². The van der Waals surface area contributed by atoms with Gasteiger partial charge in [-0.2, -0.15) is 18.3 Å². The van der Waals surface area contributed by atoms with Crippen LogP contribution >= 0.6 is 0 Å². The van der Waals surface area contributed by atoms with Gasteiger partial charge in [0.15, 0.2) is 5.71 Å². The van der Waals surface area contributed by atoms with Gasteiger partial charge < -0.3 is 5.84 Å². The van der Waals surface area contributed by atoms with Crippen LogP contribution in [0.15, 0.2) is 29.4 Å². The summed E-state index contributed by atoms with van der Waals surface area (Å²) in [5, 5.41) is 2.75. The number of nitrogens with zero attached hydrogens (tertiary/aromatic N) is 1. The maximum atomic E-state index is 12.3. The molecule has 1 aromatic rings. The van der Waals surface area contributed by atoms with Gasteiger partial charge >= 0.3 is 6.18 Å². The highest BCUT2D eigenvalue weighted by Gasteiger charge is 2.36. The van der Waals surface area contributed by atoms with Crippen LogP contribution < -0.4 is 5.84 Å². The van der Waals surface area contributed by atoms with Gasteiger partial charge in [-0.25, -0.2) is 0 Å². The lowest BCUT2D eigenvalue weighted by molar-refractivity contribution is -0.0582. The van der Waals surface area contributed by atoms with Gasteiger partial charge in [0.05, 0.1) is 0 Å². The van der Waals surface area contributed by atoms with E-state index in [9.17, 15) is 13.2 Å². The fourth-order valence-electron chi connectivity index (χ4n) is 1.02. The lowest BCUT2D eigenvalue weighted by Gasteiger charge is -2.09. The number of hydrazone groups is 1. The molecule has 5 heteroatoms. The summed E-state index contributed by atoms with van der Waals surface area (Å²) in [6, 6.07) is 5.83. The predicted molar refractivity (Wildman–Crippen MR) is 48.0 cm³/mol. The molecule has 0 atom stereocenters. The average molecular weight is 202 g/mol. The molecule has 14 heavy (non-hydrogen) atoms. The molecular weight excluding hydrogens is 193 g/mol. The molecule has 1 rings (SSSR count). The number of aryl methyl sites for hydroxylation is 1. The minimum Gasteiger partial charge on any atom is -0.323 e. The minimum absolute atomic E-state index is 0.0226. The standard InChI is InChI=1S/C9H9F3N2/c1-6-2-4-7(5-3-6)8(14-13)9(10,11)12/h2-5H,13H2,1H3. The molecule has 0 spiro atoms. The molecule has 0 unspecified atom stereocenters. The number of alkyl halides is 3. The molecule has 0 radical (unpaired) electrons. The number of halogens is 3. The Morgan fingerprint density at radius 1 is 1.21 bits per heavy atom. The zero-order valence-corrected chi connectivity index (χ0v) is 7.47. The van der Waals surface area contributed by atoms with Crippen molar-refractivity contribution in [3.05, 3.63) is 35.4 Å². The summed E-state index contributed by atoms with van der Waals surface area (Å²) >= 11 is 0. The molecule has 2 nitrogen and oxygen atoms in total. The SMILES string of the molecule is Cc1ccc(C(=NN)C(F)(F)F)cc1. The quantitative estimate of drug-likeness (QED) is 0.423. The number of hydrogen-bond donors (Lipinski definition) is 1. The van der Waals surface area contributed by atoms with Crippen LogP contribution in [0.5, 0.6) is 0 Å². The van der Waals surface area contributed by atoms with Gasteiger partial charge in [-0.05, 0) is 6.92 Å². The molecule has 0 amide bonds. The Bertz CT molecular complexity index is 338. The van der Waals surface area contributed by atoms with E-state index in [0.29, 0.717) is 0 Å². The van der Waals surface area contributed by atoms with Crippen molar-refractivity contribution in [3.8, 4) is 0 Å². The predicted octanol–water partition coefficient (Wildman–Crippen LogP) is 2.22. The second kappa shape index (κ2) is 3.69. The van der Waals surface area contributed by atoms with Crippen molar-refractivity contribution >= 4 is 5.71 Å².